The van der Waals surface area contributed by atoms with Crippen LogP contribution >= 0.6 is 23.8 Å². The summed E-state index contributed by atoms with van der Waals surface area (Å²) in [5, 5.41) is 4.20. The Morgan fingerprint density at radius 2 is 2.09 bits per heavy atom. The summed E-state index contributed by atoms with van der Waals surface area (Å²) in [5.41, 5.74) is 6.04. The van der Waals surface area contributed by atoms with Gasteiger partial charge in [-0.3, -0.25) is 15.6 Å². The van der Waals surface area contributed by atoms with Crippen LogP contribution in [-0.2, 0) is 11.2 Å². The molecule has 2 rings (SSSR count). The Labute approximate surface area is 140 Å². The van der Waals surface area contributed by atoms with E-state index in [1.165, 1.54) is 12.8 Å². The number of carbonyl (C=O) groups is 1. The molecule has 0 radical (unpaired) electrons. The zero-order chi connectivity index (χ0) is 15.9. The summed E-state index contributed by atoms with van der Waals surface area (Å²) in [5.74, 6) is 0.419. The van der Waals surface area contributed by atoms with Crippen molar-refractivity contribution in [1.82, 2.24) is 16.2 Å². The first-order chi connectivity index (χ1) is 10.6. The molecule has 22 heavy (non-hydrogen) atoms. The van der Waals surface area contributed by atoms with Gasteiger partial charge in [0, 0.05) is 16.6 Å². The Kier molecular flexibility index (Phi) is 6.27. The third kappa shape index (κ3) is 5.03. The molecular formula is C15H20ClN3O2S. The van der Waals surface area contributed by atoms with Gasteiger partial charge >= 0.3 is 0 Å². The number of hydrazine groups is 1. The first-order valence-electron chi connectivity index (χ1n) is 7.26. The van der Waals surface area contributed by atoms with Crippen molar-refractivity contribution >= 4 is 34.8 Å². The Balaban J connectivity index is 1.80. The van der Waals surface area contributed by atoms with E-state index in [4.69, 9.17) is 28.6 Å². The summed E-state index contributed by atoms with van der Waals surface area (Å²) < 4.78 is 5.22. The molecule has 1 aromatic carbocycles. The molecule has 1 aliphatic rings. The molecule has 1 aromatic rings. The molecule has 1 amide bonds. The van der Waals surface area contributed by atoms with Crippen LogP contribution in [0.4, 0.5) is 0 Å². The Hall–Kier alpha value is -1.53. The van der Waals surface area contributed by atoms with Gasteiger partial charge in [-0.2, -0.15) is 0 Å². The lowest BCUT2D eigenvalue weighted by Gasteiger charge is -2.16. The van der Waals surface area contributed by atoms with Gasteiger partial charge in [0.1, 0.15) is 5.75 Å². The van der Waals surface area contributed by atoms with Gasteiger partial charge < -0.3 is 10.1 Å². The molecule has 7 heteroatoms. The minimum absolute atomic E-state index is 0.156. The topological polar surface area (TPSA) is 62.4 Å². The first-order valence-corrected chi connectivity index (χ1v) is 8.05. The van der Waals surface area contributed by atoms with E-state index in [0.29, 0.717) is 21.9 Å². The van der Waals surface area contributed by atoms with E-state index in [0.717, 1.165) is 18.4 Å². The molecule has 0 heterocycles. The van der Waals surface area contributed by atoms with E-state index < -0.39 is 0 Å². The fourth-order valence-corrected chi connectivity index (χ4v) is 2.93. The third-order valence-electron chi connectivity index (χ3n) is 3.60. The average molecular weight is 342 g/mol. The molecule has 1 aliphatic carbocycles. The summed E-state index contributed by atoms with van der Waals surface area (Å²) in [6, 6.07) is 5.59. The normalized spacial score (nSPS) is 14.5. The van der Waals surface area contributed by atoms with Gasteiger partial charge in [0.05, 0.1) is 13.5 Å². The number of halogens is 1. The molecule has 1 fully saturated rings. The van der Waals surface area contributed by atoms with Crippen LogP contribution in [0.3, 0.4) is 0 Å². The lowest BCUT2D eigenvalue weighted by molar-refractivity contribution is -0.121. The quantitative estimate of drug-likeness (QED) is 0.579. The number of nitrogens with one attached hydrogen (secondary N) is 3. The van der Waals surface area contributed by atoms with E-state index >= 15 is 0 Å². The molecular weight excluding hydrogens is 322 g/mol. The molecule has 5 nitrogen and oxygen atoms in total. The summed E-state index contributed by atoms with van der Waals surface area (Å²) >= 11 is 11.1. The number of methoxy groups -OCH3 is 1. The second-order valence-electron chi connectivity index (χ2n) is 5.26. The van der Waals surface area contributed by atoms with Crippen molar-refractivity contribution in [2.75, 3.05) is 7.11 Å². The molecule has 0 saturated heterocycles. The maximum atomic E-state index is 12.0. The highest BCUT2D eigenvalue weighted by Gasteiger charge is 2.16. The van der Waals surface area contributed by atoms with Crippen molar-refractivity contribution in [3.05, 3.63) is 28.8 Å². The van der Waals surface area contributed by atoms with E-state index in [2.05, 4.69) is 16.2 Å². The maximum absolute atomic E-state index is 12.0. The van der Waals surface area contributed by atoms with Gasteiger partial charge in [-0.05, 0) is 43.3 Å². The molecule has 3 N–H and O–H groups in total. The van der Waals surface area contributed by atoms with E-state index in [1.54, 1.807) is 25.3 Å². The van der Waals surface area contributed by atoms with Crippen LogP contribution in [-0.4, -0.2) is 24.2 Å². The average Bonchev–Trinajstić information content (AvgIpc) is 2.98. The molecule has 0 aliphatic heterocycles. The van der Waals surface area contributed by atoms with Crippen molar-refractivity contribution in [3.8, 4) is 5.75 Å². The molecule has 0 atom stereocenters. The lowest BCUT2D eigenvalue weighted by Crippen LogP contribution is -2.49. The number of ether oxygens (including phenoxy) is 1. The lowest BCUT2D eigenvalue weighted by atomic mass is 10.1. The Bertz CT molecular complexity index is 548. The third-order valence-corrected chi connectivity index (χ3v) is 4.05. The number of hydrogen-bond donors (Lipinski definition) is 3. The largest absolute Gasteiger partial charge is 0.496 e. The van der Waals surface area contributed by atoms with Crippen LogP contribution in [0.1, 0.15) is 31.2 Å². The standard InChI is InChI=1S/C15H20ClN3O2S/c1-21-13-7-6-11(16)8-10(13)9-14(20)18-19-15(22)17-12-4-2-3-5-12/h6-8,12H,2-5,9H2,1H3,(H,18,20)(H2,17,19,22). The van der Waals surface area contributed by atoms with E-state index in [-0.39, 0.29) is 12.3 Å². The zero-order valence-electron chi connectivity index (χ0n) is 12.4. The number of thiocarbonyl (C=S) groups is 1. The summed E-state index contributed by atoms with van der Waals surface area (Å²) in [6.45, 7) is 0. The number of amides is 1. The van der Waals surface area contributed by atoms with Crippen LogP contribution in [0.5, 0.6) is 5.75 Å². The van der Waals surface area contributed by atoms with Crippen molar-refractivity contribution < 1.29 is 9.53 Å². The highest BCUT2D eigenvalue weighted by molar-refractivity contribution is 7.80. The van der Waals surface area contributed by atoms with Crippen LogP contribution in [0.2, 0.25) is 5.02 Å². The van der Waals surface area contributed by atoms with Gasteiger partial charge in [-0.15, -0.1) is 0 Å². The molecule has 0 spiro atoms. The fourth-order valence-electron chi connectivity index (χ4n) is 2.52. The van der Waals surface area contributed by atoms with Crippen molar-refractivity contribution in [1.29, 1.82) is 0 Å². The van der Waals surface area contributed by atoms with Gasteiger partial charge in [0.2, 0.25) is 5.91 Å². The SMILES string of the molecule is COc1ccc(Cl)cc1CC(=O)NNC(=S)NC1CCCC1. The smallest absolute Gasteiger partial charge is 0.242 e. The van der Waals surface area contributed by atoms with Crippen LogP contribution < -0.4 is 20.9 Å². The monoisotopic (exact) mass is 341 g/mol. The van der Waals surface area contributed by atoms with Crippen LogP contribution in [0, 0.1) is 0 Å². The summed E-state index contributed by atoms with van der Waals surface area (Å²) in [6.07, 6.45) is 4.84. The molecule has 1 saturated carbocycles. The number of hydrogen-bond acceptors (Lipinski definition) is 3. The second-order valence-corrected chi connectivity index (χ2v) is 6.11. The minimum Gasteiger partial charge on any atom is -0.496 e. The van der Waals surface area contributed by atoms with E-state index in [1.807, 2.05) is 0 Å². The van der Waals surface area contributed by atoms with Crippen molar-refractivity contribution in [3.63, 3.8) is 0 Å². The predicted molar refractivity (Wildman–Crippen MR) is 91.0 cm³/mol. The fraction of sp³-hybridized carbons (Fsp3) is 0.467. The summed E-state index contributed by atoms with van der Waals surface area (Å²) in [4.78, 5) is 12.0. The highest BCUT2D eigenvalue weighted by Crippen LogP contribution is 2.22. The van der Waals surface area contributed by atoms with E-state index in [9.17, 15) is 4.79 Å². The second kappa shape index (κ2) is 8.19. The van der Waals surface area contributed by atoms with Crippen molar-refractivity contribution in [2.45, 2.75) is 38.1 Å². The minimum atomic E-state index is -0.212. The molecule has 0 unspecified atom stereocenters. The van der Waals surface area contributed by atoms with Gasteiger partial charge in [0.15, 0.2) is 5.11 Å². The zero-order valence-corrected chi connectivity index (χ0v) is 14.0. The van der Waals surface area contributed by atoms with Gasteiger partial charge in [0.25, 0.3) is 0 Å². The number of benzene rings is 1. The van der Waals surface area contributed by atoms with Crippen molar-refractivity contribution in [2.24, 2.45) is 0 Å². The number of carbonyl (C=O) groups excluding carboxylic acids is 1. The van der Waals surface area contributed by atoms with Crippen LogP contribution in [0.25, 0.3) is 0 Å². The van der Waals surface area contributed by atoms with Gasteiger partial charge in [-0.25, -0.2) is 0 Å². The Morgan fingerprint density at radius 3 is 2.77 bits per heavy atom. The molecule has 120 valence electrons. The molecule has 0 aromatic heterocycles. The van der Waals surface area contributed by atoms with Gasteiger partial charge in [-0.1, -0.05) is 24.4 Å². The number of rotatable bonds is 4. The predicted octanol–water partition coefficient (Wildman–Crippen LogP) is 2.33. The first kappa shape index (κ1) is 16.8. The van der Waals surface area contributed by atoms with Crippen LogP contribution in [0.15, 0.2) is 18.2 Å². The summed E-state index contributed by atoms with van der Waals surface area (Å²) in [7, 11) is 1.56. The molecule has 0 bridgehead atoms. The maximum Gasteiger partial charge on any atom is 0.242 e. The Morgan fingerprint density at radius 1 is 1.36 bits per heavy atom. The highest BCUT2D eigenvalue weighted by atomic mass is 35.5.